The predicted molar refractivity (Wildman–Crippen MR) is 103 cm³/mol. The number of carbonyl (C=O) groups excluding carboxylic acids is 1. The summed E-state index contributed by atoms with van der Waals surface area (Å²) in [4.78, 5) is 20.5. The molecule has 0 unspecified atom stereocenters. The Morgan fingerprint density at radius 3 is 2.59 bits per heavy atom. The summed E-state index contributed by atoms with van der Waals surface area (Å²) < 4.78 is 38.3. The highest BCUT2D eigenvalue weighted by atomic mass is 32.2. The van der Waals surface area contributed by atoms with E-state index >= 15 is 0 Å². The Morgan fingerprint density at radius 2 is 1.90 bits per heavy atom. The number of carbonyl (C=O) groups is 1. The molecular weight excluding hydrogens is 401 g/mol. The van der Waals surface area contributed by atoms with E-state index in [1.54, 1.807) is 36.7 Å². The molecule has 3 rings (SSSR count). The lowest BCUT2D eigenvalue weighted by atomic mass is 10.1. The number of halogens is 3. The Bertz CT molecular complexity index is 1070. The van der Waals surface area contributed by atoms with Gasteiger partial charge in [0.15, 0.2) is 0 Å². The number of rotatable bonds is 5. The van der Waals surface area contributed by atoms with Crippen LogP contribution in [0.5, 0.6) is 0 Å². The van der Waals surface area contributed by atoms with Crippen molar-refractivity contribution in [3.05, 3.63) is 72.1 Å². The van der Waals surface area contributed by atoms with E-state index in [4.69, 9.17) is 0 Å². The average Bonchev–Trinajstić information content (AvgIpc) is 2.72. The van der Waals surface area contributed by atoms with E-state index in [0.29, 0.717) is 16.3 Å². The minimum Gasteiger partial charge on any atom is -0.325 e. The first-order valence-corrected chi connectivity index (χ1v) is 9.27. The molecule has 1 amide bonds. The van der Waals surface area contributed by atoms with Gasteiger partial charge in [0.1, 0.15) is 11.1 Å². The fraction of sp³-hybridized carbons (Fsp3) is 0.100. The van der Waals surface area contributed by atoms with Crippen LogP contribution in [0.25, 0.3) is 11.3 Å². The van der Waals surface area contributed by atoms with Crippen molar-refractivity contribution in [3.8, 4) is 17.3 Å². The summed E-state index contributed by atoms with van der Waals surface area (Å²) in [6.07, 6.45) is -1.26. The van der Waals surface area contributed by atoms with E-state index in [0.717, 1.165) is 29.5 Å². The van der Waals surface area contributed by atoms with Crippen LogP contribution in [0, 0.1) is 11.3 Å². The molecule has 0 aliphatic heterocycles. The van der Waals surface area contributed by atoms with Crippen molar-refractivity contribution in [2.75, 3.05) is 11.1 Å². The molecule has 2 aromatic heterocycles. The van der Waals surface area contributed by atoms with Crippen molar-refractivity contribution >= 4 is 23.4 Å². The molecule has 0 aliphatic rings. The van der Waals surface area contributed by atoms with E-state index < -0.39 is 17.6 Å². The van der Waals surface area contributed by atoms with Crippen molar-refractivity contribution in [1.82, 2.24) is 9.97 Å². The van der Waals surface area contributed by atoms with Crippen LogP contribution < -0.4 is 5.32 Å². The standard InChI is InChI=1S/C20H13F3N4OS/c21-20(22,23)15-2-1-3-16(10-15)26-18(28)12-29-19-14(11-24)4-5-17(27-19)13-6-8-25-9-7-13/h1-10H,12H2,(H,26,28). The molecule has 0 spiro atoms. The molecule has 0 radical (unpaired) electrons. The summed E-state index contributed by atoms with van der Waals surface area (Å²) in [6, 6.07) is 13.2. The van der Waals surface area contributed by atoms with Crippen LogP contribution in [0.4, 0.5) is 18.9 Å². The van der Waals surface area contributed by atoms with Crippen LogP contribution in [0.2, 0.25) is 0 Å². The number of hydrogen-bond acceptors (Lipinski definition) is 5. The molecule has 0 fully saturated rings. The second-order valence-electron chi connectivity index (χ2n) is 5.81. The second-order valence-corrected chi connectivity index (χ2v) is 6.78. The Balaban J connectivity index is 1.71. The van der Waals surface area contributed by atoms with Gasteiger partial charge in [-0.3, -0.25) is 9.78 Å². The number of alkyl halides is 3. The molecule has 0 aliphatic carbocycles. The van der Waals surface area contributed by atoms with Crippen LogP contribution >= 0.6 is 11.8 Å². The third-order valence-electron chi connectivity index (χ3n) is 3.77. The third-order valence-corrected chi connectivity index (χ3v) is 4.76. The van der Waals surface area contributed by atoms with Gasteiger partial charge in [-0.2, -0.15) is 18.4 Å². The van der Waals surface area contributed by atoms with Gasteiger partial charge in [0.25, 0.3) is 0 Å². The average molecular weight is 414 g/mol. The quantitative estimate of drug-likeness (QED) is 0.609. The van der Waals surface area contributed by atoms with Gasteiger partial charge in [-0.25, -0.2) is 4.98 Å². The zero-order valence-electron chi connectivity index (χ0n) is 14.8. The molecule has 29 heavy (non-hydrogen) atoms. The van der Waals surface area contributed by atoms with Crippen LogP contribution in [0.1, 0.15) is 11.1 Å². The van der Waals surface area contributed by atoms with Crippen molar-refractivity contribution in [2.24, 2.45) is 0 Å². The Labute approximate surface area is 168 Å². The van der Waals surface area contributed by atoms with E-state index in [2.05, 4.69) is 15.3 Å². The van der Waals surface area contributed by atoms with Gasteiger partial charge < -0.3 is 5.32 Å². The summed E-state index contributed by atoms with van der Waals surface area (Å²) >= 11 is 1.03. The number of nitrogens with zero attached hydrogens (tertiary/aromatic N) is 3. The number of nitrogens with one attached hydrogen (secondary N) is 1. The number of hydrogen-bond donors (Lipinski definition) is 1. The number of aromatic nitrogens is 2. The zero-order chi connectivity index (χ0) is 20.9. The Hall–Kier alpha value is -3.38. The normalized spacial score (nSPS) is 11.0. The highest BCUT2D eigenvalue weighted by molar-refractivity contribution is 8.00. The van der Waals surface area contributed by atoms with Gasteiger partial charge in [-0.1, -0.05) is 17.8 Å². The van der Waals surface area contributed by atoms with Crippen molar-refractivity contribution in [3.63, 3.8) is 0 Å². The molecule has 0 atom stereocenters. The lowest BCUT2D eigenvalue weighted by Gasteiger charge is -2.10. The van der Waals surface area contributed by atoms with Gasteiger partial charge in [0.2, 0.25) is 5.91 Å². The SMILES string of the molecule is N#Cc1ccc(-c2ccncc2)nc1SCC(=O)Nc1cccc(C(F)(F)F)c1. The predicted octanol–water partition coefficient (Wildman–Crippen LogP) is 4.76. The smallest absolute Gasteiger partial charge is 0.325 e. The van der Waals surface area contributed by atoms with Crippen LogP contribution in [0.3, 0.4) is 0 Å². The van der Waals surface area contributed by atoms with E-state index in [1.165, 1.54) is 12.1 Å². The van der Waals surface area contributed by atoms with Gasteiger partial charge >= 0.3 is 6.18 Å². The number of amides is 1. The molecule has 0 saturated carbocycles. The summed E-state index contributed by atoms with van der Waals surface area (Å²) in [6.45, 7) is 0. The Morgan fingerprint density at radius 1 is 1.14 bits per heavy atom. The third kappa shape index (κ3) is 5.33. The molecular formula is C20H13F3N4OS. The number of nitriles is 1. The Kier molecular flexibility index (Phi) is 6.14. The maximum absolute atomic E-state index is 12.8. The molecule has 5 nitrogen and oxygen atoms in total. The number of thioether (sulfide) groups is 1. The minimum absolute atomic E-state index is 0.0458. The maximum Gasteiger partial charge on any atom is 0.416 e. The van der Waals surface area contributed by atoms with Crippen molar-refractivity contribution < 1.29 is 18.0 Å². The molecule has 9 heteroatoms. The van der Waals surface area contributed by atoms with E-state index in [-0.39, 0.29) is 11.4 Å². The van der Waals surface area contributed by atoms with Crippen LogP contribution in [-0.2, 0) is 11.0 Å². The summed E-state index contributed by atoms with van der Waals surface area (Å²) in [7, 11) is 0. The van der Waals surface area contributed by atoms with Gasteiger partial charge in [-0.05, 0) is 42.5 Å². The number of benzene rings is 1. The zero-order valence-corrected chi connectivity index (χ0v) is 15.6. The summed E-state index contributed by atoms with van der Waals surface area (Å²) in [5.74, 6) is -0.619. The maximum atomic E-state index is 12.8. The van der Waals surface area contributed by atoms with Gasteiger partial charge in [-0.15, -0.1) is 0 Å². The fourth-order valence-corrected chi connectivity index (χ4v) is 3.20. The molecule has 2 heterocycles. The van der Waals surface area contributed by atoms with Gasteiger partial charge in [0, 0.05) is 23.6 Å². The van der Waals surface area contributed by atoms with E-state index in [9.17, 15) is 23.2 Å². The first kappa shape index (κ1) is 20.4. The monoisotopic (exact) mass is 414 g/mol. The first-order chi connectivity index (χ1) is 13.9. The minimum atomic E-state index is -4.49. The van der Waals surface area contributed by atoms with Gasteiger partial charge in [0.05, 0.1) is 22.6 Å². The highest BCUT2D eigenvalue weighted by Crippen LogP contribution is 2.31. The van der Waals surface area contributed by atoms with E-state index in [1.807, 2.05) is 6.07 Å². The molecule has 0 bridgehead atoms. The first-order valence-electron chi connectivity index (χ1n) is 8.28. The molecule has 0 saturated heterocycles. The second kappa shape index (κ2) is 8.75. The lowest BCUT2D eigenvalue weighted by Crippen LogP contribution is -2.15. The van der Waals surface area contributed by atoms with Crippen molar-refractivity contribution in [1.29, 1.82) is 5.26 Å². The topological polar surface area (TPSA) is 78.7 Å². The molecule has 3 aromatic rings. The number of anilines is 1. The van der Waals surface area contributed by atoms with Crippen LogP contribution in [-0.4, -0.2) is 21.6 Å². The highest BCUT2D eigenvalue weighted by Gasteiger charge is 2.30. The molecule has 146 valence electrons. The number of pyridine rings is 2. The molecule has 1 aromatic carbocycles. The lowest BCUT2D eigenvalue weighted by molar-refractivity contribution is -0.137. The van der Waals surface area contributed by atoms with Crippen molar-refractivity contribution in [2.45, 2.75) is 11.2 Å². The summed E-state index contributed by atoms with van der Waals surface area (Å²) in [5.41, 5.74) is 0.928. The van der Waals surface area contributed by atoms with Crippen LogP contribution in [0.15, 0.2) is 66.0 Å². The fourth-order valence-electron chi connectivity index (χ4n) is 2.42. The summed E-state index contributed by atoms with van der Waals surface area (Å²) in [5, 5.41) is 12.1. The molecule has 1 N–H and O–H groups in total. The largest absolute Gasteiger partial charge is 0.416 e.